The van der Waals surface area contributed by atoms with E-state index < -0.39 is 13.8 Å². The van der Waals surface area contributed by atoms with Crippen molar-refractivity contribution in [3.05, 3.63) is 0 Å². The Kier molecular flexibility index (Phi) is 5.34. The van der Waals surface area contributed by atoms with Crippen LogP contribution in [0.4, 0.5) is 0 Å². The molecule has 2 N–H and O–H groups in total. The van der Waals surface area contributed by atoms with Gasteiger partial charge in [0.05, 0.1) is 20.4 Å². The maximum Gasteiger partial charge on any atom is 0.0978 e. The highest BCUT2D eigenvalue weighted by Crippen LogP contribution is 2.43. The lowest BCUT2D eigenvalue weighted by atomic mass is 10.5. The van der Waals surface area contributed by atoms with Crippen molar-refractivity contribution >= 4 is 8.07 Å². The SMILES string of the molecule is CC(C)[Si](C(C)C)(C(C)C)C(O)CO. The van der Waals surface area contributed by atoms with E-state index in [-0.39, 0.29) is 6.61 Å². The Morgan fingerprint density at radius 2 is 1.14 bits per heavy atom. The highest BCUT2D eigenvalue weighted by molar-refractivity contribution is 6.84. The quantitative estimate of drug-likeness (QED) is 0.696. The van der Waals surface area contributed by atoms with E-state index in [0.717, 1.165) is 0 Å². The maximum absolute atomic E-state index is 10.1. The molecule has 86 valence electrons. The van der Waals surface area contributed by atoms with Crippen molar-refractivity contribution in [3.63, 3.8) is 0 Å². The summed E-state index contributed by atoms with van der Waals surface area (Å²) in [6.07, 6.45) is 0. The average Bonchev–Trinajstić information content (AvgIpc) is 2.02. The normalized spacial score (nSPS) is 15.6. The van der Waals surface area contributed by atoms with Crippen LogP contribution in [0.25, 0.3) is 0 Å². The third-order valence-electron chi connectivity index (χ3n) is 3.75. The Balaban J connectivity index is 5.16. The molecule has 0 aromatic carbocycles. The second-order valence-electron chi connectivity index (χ2n) is 5.16. The first-order chi connectivity index (χ1) is 6.31. The number of aliphatic hydroxyl groups is 2. The molecule has 0 aliphatic rings. The molecule has 0 aliphatic carbocycles. The lowest BCUT2D eigenvalue weighted by Crippen LogP contribution is -2.56. The standard InChI is InChI=1S/C11H26O2Si/c1-8(2)14(9(3)4,10(5)6)11(13)7-12/h8-13H,7H2,1-6H3. The van der Waals surface area contributed by atoms with E-state index in [2.05, 4.69) is 41.5 Å². The molecule has 0 aromatic rings. The molecular weight excluding hydrogens is 192 g/mol. The summed E-state index contributed by atoms with van der Waals surface area (Å²) in [5.41, 5.74) is 1.03. The van der Waals surface area contributed by atoms with Gasteiger partial charge < -0.3 is 10.2 Å². The van der Waals surface area contributed by atoms with Crippen molar-refractivity contribution in [1.29, 1.82) is 0 Å². The van der Waals surface area contributed by atoms with E-state index in [4.69, 9.17) is 0 Å². The van der Waals surface area contributed by atoms with Crippen LogP contribution < -0.4 is 0 Å². The summed E-state index contributed by atoms with van der Waals surface area (Å²) in [6, 6.07) is 0. The van der Waals surface area contributed by atoms with E-state index in [0.29, 0.717) is 16.6 Å². The molecule has 0 saturated heterocycles. The molecule has 1 atom stereocenters. The minimum Gasteiger partial charge on any atom is -0.394 e. The lowest BCUT2D eigenvalue weighted by molar-refractivity contribution is 0.140. The third kappa shape index (κ3) is 2.20. The summed E-state index contributed by atoms with van der Waals surface area (Å²) in [7, 11) is -1.83. The van der Waals surface area contributed by atoms with Crippen molar-refractivity contribution < 1.29 is 10.2 Å². The molecular formula is C11H26O2Si. The predicted molar refractivity (Wildman–Crippen MR) is 64.1 cm³/mol. The zero-order chi connectivity index (χ0) is 11.5. The molecule has 0 aromatic heterocycles. The summed E-state index contributed by atoms with van der Waals surface area (Å²) in [5.74, 6) is 0. The largest absolute Gasteiger partial charge is 0.394 e. The molecule has 2 nitrogen and oxygen atoms in total. The zero-order valence-corrected chi connectivity index (χ0v) is 11.4. The van der Waals surface area contributed by atoms with Crippen molar-refractivity contribution in [2.24, 2.45) is 0 Å². The van der Waals surface area contributed by atoms with Crippen LogP contribution in [0.2, 0.25) is 16.6 Å². The number of hydrogen-bond acceptors (Lipinski definition) is 2. The number of hydrogen-bond donors (Lipinski definition) is 2. The van der Waals surface area contributed by atoms with E-state index >= 15 is 0 Å². The highest BCUT2D eigenvalue weighted by atomic mass is 28.3. The van der Waals surface area contributed by atoms with Crippen molar-refractivity contribution in [2.45, 2.75) is 63.9 Å². The van der Waals surface area contributed by atoms with Gasteiger partial charge in [0.25, 0.3) is 0 Å². The van der Waals surface area contributed by atoms with Crippen LogP contribution in [0.1, 0.15) is 41.5 Å². The predicted octanol–water partition coefficient (Wildman–Crippen LogP) is 2.56. The fraction of sp³-hybridized carbons (Fsp3) is 1.00. The molecule has 0 aliphatic heterocycles. The van der Waals surface area contributed by atoms with Gasteiger partial charge in [0, 0.05) is 0 Å². The van der Waals surface area contributed by atoms with E-state index in [1.54, 1.807) is 0 Å². The molecule has 0 spiro atoms. The van der Waals surface area contributed by atoms with E-state index in [1.807, 2.05) is 0 Å². The van der Waals surface area contributed by atoms with Crippen molar-refractivity contribution in [2.75, 3.05) is 6.61 Å². The minimum absolute atomic E-state index is 0.0826. The Labute approximate surface area is 89.4 Å². The smallest absolute Gasteiger partial charge is 0.0978 e. The fourth-order valence-electron chi connectivity index (χ4n) is 3.31. The van der Waals surface area contributed by atoms with Gasteiger partial charge in [0.1, 0.15) is 0 Å². The summed E-state index contributed by atoms with van der Waals surface area (Å²) < 4.78 is 0. The monoisotopic (exact) mass is 218 g/mol. The topological polar surface area (TPSA) is 40.5 Å². The highest BCUT2D eigenvalue weighted by Gasteiger charge is 2.48. The Morgan fingerprint density at radius 1 is 0.857 bits per heavy atom. The van der Waals surface area contributed by atoms with Crippen LogP contribution in [-0.4, -0.2) is 30.6 Å². The minimum atomic E-state index is -1.83. The van der Waals surface area contributed by atoms with Gasteiger partial charge in [0.2, 0.25) is 0 Å². The van der Waals surface area contributed by atoms with Gasteiger partial charge in [-0.3, -0.25) is 0 Å². The van der Waals surface area contributed by atoms with Crippen LogP contribution in [-0.2, 0) is 0 Å². The van der Waals surface area contributed by atoms with Crippen LogP contribution in [0.5, 0.6) is 0 Å². The third-order valence-corrected chi connectivity index (χ3v) is 11.1. The molecule has 0 saturated carbocycles. The lowest BCUT2D eigenvalue weighted by Gasteiger charge is -2.45. The summed E-state index contributed by atoms with van der Waals surface area (Å²) in [6.45, 7) is 13.0. The molecule has 0 radical (unpaired) electrons. The first kappa shape index (κ1) is 14.1. The Morgan fingerprint density at radius 3 is 1.21 bits per heavy atom. The summed E-state index contributed by atoms with van der Waals surface area (Å²) in [5, 5.41) is 19.3. The number of rotatable bonds is 5. The van der Waals surface area contributed by atoms with Gasteiger partial charge in [-0.05, 0) is 16.6 Å². The van der Waals surface area contributed by atoms with Crippen LogP contribution in [0.3, 0.4) is 0 Å². The summed E-state index contributed by atoms with van der Waals surface area (Å²) >= 11 is 0. The fourth-order valence-corrected chi connectivity index (χ4v) is 9.94. The van der Waals surface area contributed by atoms with Crippen LogP contribution in [0, 0.1) is 0 Å². The summed E-state index contributed by atoms with van der Waals surface area (Å²) in [4.78, 5) is 0. The van der Waals surface area contributed by atoms with Gasteiger partial charge in [-0.2, -0.15) is 0 Å². The second-order valence-corrected chi connectivity index (χ2v) is 11.3. The molecule has 0 rings (SSSR count). The second kappa shape index (κ2) is 5.28. The van der Waals surface area contributed by atoms with Crippen molar-refractivity contribution in [1.82, 2.24) is 0 Å². The Hall–Kier alpha value is 0.137. The Bertz CT molecular complexity index is 145. The first-order valence-corrected chi connectivity index (χ1v) is 7.91. The van der Waals surface area contributed by atoms with Gasteiger partial charge >= 0.3 is 0 Å². The van der Waals surface area contributed by atoms with Gasteiger partial charge in [-0.1, -0.05) is 41.5 Å². The van der Waals surface area contributed by atoms with Gasteiger partial charge in [-0.15, -0.1) is 0 Å². The molecule has 0 fully saturated rings. The maximum atomic E-state index is 10.1. The van der Waals surface area contributed by atoms with Crippen LogP contribution in [0.15, 0.2) is 0 Å². The molecule has 3 heteroatoms. The van der Waals surface area contributed by atoms with E-state index in [9.17, 15) is 10.2 Å². The van der Waals surface area contributed by atoms with E-state index in [1.165, 1.54) is 0 Å². The van der Waals surface area contributed by atoms with Gasteiger partial charge in [-0.25, -0.2) is 0 Å². The van der Waals surface area contributed by atoms with Gasteiger partial charge in [0.15, 0.2) is 0 Å². The molecule has 14 heavy (non-hydrogen) atoms. The van der Waals surface area contributed by atoms with Crippen LogP contribution >= 0.6 is 0 Å². The van der Waals surface area contributed by atoms with Crippen molar-refractivity contribution in [3.8, 4) is 0 Å². The first-order valence-electron chi connectivity index (χ1n) is 5.60. The molecule has 0 amide bonds. The zero-order valence-electron chi connectivity index (χ0n) is 10.4. The molecule has 1 unspecified atom stereocenters. The average molecular weight is 218 g/mol. The molecule has 0 heterocycles. The number of aliphatic hydroxyl groups excluding tert-OH is 2. The molecule has 0 bridgehead atoms.